The van der Waals surface area contributed by atoms with Crippen molar-refractivity contribution in [2.45, 2.75) is 51.0 Å². The largest absolute Gasteiger partial charge is 1.00 e. The molecular formula is C25H29LiN4O3S. The van der Waals surface area contributed by atoms with Crippen molar-refractivity contribution in [2.75, 3.05) is 6.61 Å². The molecule has 0 atom stereocenters. The summed E-state index contributed by atoms with van der Waals surface area (Å²) in [4.78, 5) is 0.177. The Morgan fingerprint density at radius 1 is 1.06 bits per heavy atom. The van der Waals surface area contributed by atoms with Crippen molar-refractivity contribution >= 4 is 21.2 Å². The van der Waals surface area contributed by atoms with Gasteiger partial charge in [0.15, 0.2) is 0 Å². The van der Waals surface area contributed by atoms with Gasteiger partial charge in [0.25, 0.3) is 10.1 Å². The molecule has 0 unspecified atom stereocenters. The first kappa shape index (κ1) is 26.1. The zero-order chi connectivity index (χ0) is 23.6. The molecule has 4 rings (SSSR count). The Labute approximate surface area is 213 Å². The predicted molar refractivity (Wildman–Crippen MR) is 128 cm³/mol. The fourth-order valence-electron chi connectivity index (χ4n) is 3.52. The Morgan fingerprint density at radius 3 is 2.47 bits per heavy atom. The number of rotatable bonds is 8. The van der Waals surface area contributed by atoms with E-state index < -0.39 is 10.1 Å². The zero-order valence-electron chi connectivity index (χ0n) is 20.4. The van der Waals surface area contributed by atoms with Crippen LogP contribution in [0.5, 0.6) is 0 Å². The zero-order valence-corrected chi connectivity index (χ0v) is 21.2. The Bertz CT molecular complexity index is 1350. The maximum absolute atomic E-state index is 12.4. The molecule has 0 saturated heterocycles. The summed E-state index contributed by atoms with van der Waals surface area (Å²) in [6, 6.07) is 16.6. The van der Waals surface area contributed by atoms with Gasteiger partial charge in [0.1, 0.15) is 0 Å². The van der Waals surface area contributed by atoms with Crippen LogP contribution in [0.15, 0.2) is 65.7 Å². The summed E-state index contributed by atoms with van der Waals surface area (Å²) in [5.41, 5.74) is 4.89. The third-order valence-corrected chi connectivity index (χ3v) is 6.85. The van der Waals surface area contributed by atoms with Crippen LogP contribution < -0.4 is 18.9 Å². The number of benzene rings is 2. The van der Waals surface area contributed by atoms with Crippen molar-refractivity contribution in [1.82, 2.24) is 19.6 Å². The number of hydrogen-bond donors (Lipinski definition) is 0. The van der Waals surface area contributed by atoms with E-state index in [0.717, 1.165) is 22.3 Å². The van der Waals surface area contributed by atoms with E-state index >= 15 is 0 Å². The smallest absolute Gasteiger partial charge is 0.370 e. The maximum atomic E-state index is 12.4. The van der Waals surface area contributed by atoms with Crippen LogP contribution in [0.4, 0.5) is 0 Å². The number of aryl methyl sites for hydroxylation is 2. The van der Waals surface area contributed by atoms with E-state index in [0.29, 0.717) is 13.0 Å². The van der Waals surface area contributed by atoms with Gasteiger partial charge < -0.3 is 9.25 Å². The van der Waals surface area contributed by atoms with Crippen LogP contribution in [-0.2, 0) is 26.3 Å². The second kappa shape index (κ2) is 10.4. The topological polar surface area (TPSA) is 79.0 Å². The number of fused-ring (bicyclic) bond motifs is 1. The Kier molecular flexibility index (Phi) is 7.99. The molecule has 0 saturated carbocycles. The molecule has 2 aromatic heterocycles. The molecule has 0 aliphatic carbocycles. The standard InChI is InChI=1S/C25H29N4O3S.Li/c1-19-10-12-22(13-11-19)33(30,31)32-15-7-14-28-17-20(25(2,3)4)16-21(28)18-29-24-9-6-5-8-23(24)26-27-29;/h5-6,8-13,16-18H,7,14-15H2,1-4H3;/q-1;+1. The molecule has 34 heavy (non-hydrogen) atoms. The minimum absolute atomic E-state index is 0. The number of aromatic nitrogens is 4. The van der Waals surface area contributed by atoms with Gasteiger partial charge in [0.05, 0.1) is 17.0 Å². The minimum atomic E-state index is -3.76. The average molecular weight is 473 g/mol. The first-order valence-electron chi connectivity index (χ1n) is 10.9. The molecule has 0 N–H and O–H groups in total. The monoisotopic (exact) mass is 472 g/mol. The van der Waals surface area contributed by atoms with Gasteiger partial charge in [-0.15, -0.1) is 11.2 Å². The Balaban J connectivity index is 0.00000324. The summed E-state index contributed by atoms with van der Waals surface area (Å²) in [5, 5.41) is 8.49. The van der Waals surface area contributed by atoms with Gasteiger partial charge >= 0.3 is 18.9 Å². The molecule has 0 fully saturated rings. The minimum Gasteiger partial charge on any atom is -0.370 e. The molecule has 9 heteroatoms. The molecule has 0 bridgehead atoms. The number of hydrogen-bond acceptors (Lipinski definition) is 5. The summed E-state index contributed by atoms with van der Waals surface area (Å²) in [6.07, 6.45) is 2.65. The van der Waals surface area contributed by atoms with Crippen LogP contribution in [0.2, 0.25) is 0 Å². The van der Waals surface area contributed by atoms with Crippen LogP contribution >= 0.6 is 0 Å². The molecule has 2 aromatic carbocycles. The fraction of sp³-hybridized carbons (Fsp3) is 0.320. The average Bonchev–Trinajstić information content (AvgIpc) is 3.36. The summed E-state index contributed by atoms with van der Waals surface area (Å²) < 4.78 is 34.0. The second-order valence-electron chi connectivity index (χ2n) is 9.19. The number of nitrogens with zero attached hydrogens (tertiary/aromatic N) is 4. The molecule has 0 aliphatic heterocycles. The first-order valence-corrected chi connectivity index (χ1v) is 12.4. The molecule has 0 aliphatic rings. The fourth-order valence-corrected chi connectivity index (χ4v) is 4.46. The third-order valence-electron chi connectivity index (χ3n) is 5.52. The number of para-hydroxylation sites is 1. The quantitative estimate of drug-likeness (QED) is 0.169. The van der Waals surface area contributed by atoms with Crippen molar-refractivity contribution in [3.05, 3.63) is 84.2 Å². The Hall–Kier alpha value is -2.50. The molecule has 0 radical (unpaired) electrons. The van der Waals surface area contributed by atoms with Crippen molar-refractivity contribution in [3.8, 4) is 0 Å². The molecule has 7 nitrogen and oxygen atoms in total. The summed E-state index contributed by atoms with van der Waals surface area (Å²) in [6.45, 7) is 11.1. The molecule has 0 amide bonds. The summed E-state index contributed by atoms with van der Waals surface area (Å²) in [7, 11) is -3.76. The van der Waals surface area contributed by atoms with Crippen molar-refractivity contribution in [2.24, 2.45) is 0 Å². The van der Waals surface area contributed by atoms with Crippen molar-refractivity contribution in [1.29, 1.82) is 0 Å². The second-order valence-corrected chi connectivity index (χ2v) is 10.8. The molecule has 4 aromatic rings. The predicted octanol–water partition coefficient (Wildman–Crippen LogP) is 1.70. The molecule has 2 heterocycles. The van der Waals surface area contributed by atoms with Gasteiger partial charge in [0, 0.05) is 6.54 Å². The van der Waals surface area contributed by atoms with Crippen LogP contribution in [0.25, 0.3) is 11.0 Å². The molecule has 0 spiro atoms. The summed E-state index contributed by atoms with van der Waals surface area (Å²) in [5.74, 6) is 0. The van der Waals surface area contributed by atoms with Crippen LogP contribution in [0.3, 0.4) is 0 Å². The normalized spacial score (nSPS) is 12.0. The van der Waals surface area contributed by atoms with E-state index in [4.69, 9.17) is 4.18 Å². The van der Waals surface area contributed by atoms with E-state index in [-0.39, 0.29) is 35.8 Å². The van der Waals surface area contributed by atoms with Gasteiger partial charge in [-0.2, -0.15) is 8.42 Å². The maximum Gasteiger partial charge on any atom is 1.00 e. The van der Waals surface area contributed by atoms with Crippen molar-refractivity contribution < 1.29 is 31.5 Å². The van der Waals surface area contributed by atoms with Crippen molar-refractivity contribution in [3.63, 3.8) is 0 Å². The van der Waals surface area contributed by atoms with E-state index in [1.54, 1.807) is 28.9 Å². The van der Waals surface area contributed by atoms with E-state index in [1.165, 1.54) is 5.56 Å². The summed E-state index contributed by atoms with van der Waals surface area (Å²) >= 11 is 0. The van der Waals surface area contributed by atoms with Crippen LogP contribution in [0.1, 0.15) is 44.0 Å². The first-order chi connectivity index (χ1) is 15.6. The van der Waals surface area contributed by atoms with Gasteiger partial charge in [-0.05, 0) is 54.4 Å². The third kappa shape index (κ3) is 5.94. The molecule has 174 valence electrons. The Morgan fingerprint density at radius 2 is 1.76 bits per heavy atom. The van der Waals surface area contributed by atoms with Gasteiger partial charge in [-0.1, -0.05) is 74.0 Å². The van der Waals surface area contributed by atoms with Gasteiger partial charge in [-0.25, -0.2) is 0 Å². The SMILES string of the molecule is Cc1ccc(S(=O)(=O)OCCCn2cc(C(C)(C)C)cc2[CH-]n2nnc3ccccc32)cc1.[Li+]. The van der Waals surface area contributed by atoms with Crippen LogP contribution in [0, 0.1) is 13.5 Å². The van der Waals surface area contributed by atoms with Crippen LogP contribution in [-0.4, -0.2) is 34.6 Å². The van der Waals surface area contributed by atoms with Gasteiger partial charge in [-0.3, -0.25) is 4.18 Å². The molecular weight excluding hydrogens is 443 g/mol. The van der Waals surface area contributed by atoms with E-state index in [2.05, 4.69) is 47.9 Å². The van der Waals surface area contributed by atoms with E-state index in [9.17, 15) is 8.42 Å². The van der Waals surface area contributed by atoms with E-state index in [1.807, 2.05) is 37.7 Å². The van der Waals surface area contributed by atoms with Gasteiger partial charge in [0.2, 0.25) is 0 Å².